The molecule has 0 bridgehead atoms. The van der Waals surface area contributed by atoms with Gasteiger partial charge in [-0.1, -0.05) is 6.92 Å². The highest BCUT2D eigenvalue weighted by molar-refractivity contribution is 5.78. The van der Waals surface area contributed by atoms with Crippen LogP contribution in [0.5, 0.6) is 0 Å². The van der Waals surface area contributed by atoms with Gasteiger partial charge in [-0.05, 0) is 13.3 Å². The molecule has 1 amide bonds. The van der Waals surface area contributed by atoms with Crippen LogP contribution in [0.15, 0.2) is 0 Å². The standard InChI is InChI=1S/C13H27N3O2/c1-4-12(2)16(9-10-18-3)11-13(17)15-7-5-14-6-8-15/h12,14H,4-11H2,1-3H3. The molecule has 0 radical (unpaired) electrons. The Morgan fingerprint density at radius 2 is 2.11 bits per heavy atom. The molecular weight excluding hydrogens is 230 g/mol. The molecule has 1 unspecified atom stereocenters. The van der Waals surface area contributed by atoms with Gasteiger partial charge in [0.2, 0.25) is 5.91 Å². The second-order valence-corrected chi connectivity index (χ2v) is 4.85. The molecule has 1 aliphatic rings. The molecular formula is C13H27N3O2. The van der Waals surface area contributed by atoms with Crippen molar-refractivity contribution in [3.8, 4) is 0 Å². The molecule has 1 fully saturated rings. The Kier molecular flexibility index (Phi) is 7.23. The lowest BCUT2D eigenvalue weighted by atomic mass is 10.2. The Bertz CT molecular complexity index is 242. The molecule has 1 rings (SSSR count). The van der Waals surface area contributed by atoms with Crippen LogP contribution >= 0.6 is 0 Å². The van der Waals surface area contributed by atoms with Gasteiger partial charge >= 0.3 is 0 Å². The first-order valence-corrected chi connectivity index (χ1v) is 6.90. The van der Waals surface area contributed by atoms with Gasteiger partial charge in [-0.3, -0.25) is 9.69 Å². The van der Waals surface area contributed by atoms with Crippen LogP contribution in [0, 0.1) is 0 Å². The van der Waals surface area contributed by atoms with Crippen LogP contribution in [0.3, 0.4) is 0 Å². The van der Waals surface area contributed by atoms with Crippen LogP contribution in [-0.2, 0) is 9.53 Å². The number of nitrogens with one attached hydrogen (secondary N) is 1. The van der Waals surface area contributed by atoms with Crippen molar-refractivity contribution in [1.82, 2.24) is 15.1 Å². The third kappa shape index (κ3) is 4.92. The zero-order valence-electron chi connectivity index (χ0n) is 11.9. The SMILES string of the molecule is CCC(C)N(CCOC)CC(=O)N1CCNCC1. The lowest BCUT2D eigenvalue weighted by Gasteiger charge is -2.32. The van der Waals surface area contributed by atoms with E-state index < -0.39 is 0 Å². The Balaban J connectivity index is 2.44. The van der Waals surface area contributed by atoms with Gasteiger partial charge in [-0.15, -0.1) is 0 Å². The summed E-state index contributed by atoms with van der Waals surface area (Å²) in [6.07, 6.45) is 1.05. The van der Waals surface area contributed by atoms with Crippen molar-refractivity contribution < 1.29 is 9.53 Å². The number of nitrogens with zero attached hydrogens (tertiary/aromatic N) is 2. The average Bonchev–Trinajstić information content (AvgIpc) is 2.43. The smallest absolute Gasteiger partial charge is 0.236 e. The van der Waals surface area contributed by atoms with E-state index in [9.17, 15) is 4.79 Å². The minimum atomic E-state index is 0.243. The maximum absolute atomic E-state index is 12.2. The Hall–Kier alpha value is -0.650. The fourth-order valence-corrected chi connectivity index (χ4v) is 2.11. The van der Waals surface area contributed by atoms with E-state index in [-0.39, 0.29) is 5.91 Å². The maximum Gasteiger partial charge on any atom is 0.236 e. The van der Waals surface area contributed by atoms with E-state index in [0.717, 1.165) is 39.1 Å². The van der Waals surface area contributed by atoms with Crippen molar-refractivity contribution in [2.45, 2.75) is 26.3 Å². The van der Waals surface area contributed by atoms with E-state index in [1.807, 2.05) is 4.90 Å². The molecule has 0 saturated carbocycles. The van der Waals surface area contributed by atoms with Gasteiger partial charge < -0.3 is 15.0 Å². The highest BCUT2D eigenvalue weighted by atomic mass is 16.5. The molecule has 0 spiro atoms. The van der Waals surface area contributed by atoms with Gasteiger partial charge in [0.25, 0.3) is 0 Å². The quantitative estimate of drug-likeness (QED) is 0.706. The van der Waals surface area contributed by atoms with Crippen LogP contribution in [0.4, 0.5) is 0 Å². The largest absolute Gasteiger partial charge is 0.383 e. The Morgan fingerprint density at radius 1 is 1.44 bits per heavy atom. The first kappa shape index (κ1) is 15.4. The van der Waals surface area contributed by atoms with Crippen molar-refractivity contribution >= 4 is 5.91 Å². The highest BCUT2D eigenvalue weighted by Crippen LogP contribution is 2.05. The number of carbonyl (C=O) groups excluding carboxylic acids is 1. The predicted molar refractivity (Wildman–Crippen MR) is 72.7 cm³/mol. The normalized spacial score (nSPS) is 18.1. The molecule has 5 heteroatoms. The predicted octanol–water partition coefficient (Wildman–Crippen LogP) is 0.165. The number of hydrogen-bond acceptors (Lipinski definition) is 4. The van der Waals surface area contributed by atoms with Crippen molar-refractivity contribution in [3.63, 3.8) is 0 Å². The maximum atomic E-state index is 12.2. The highest BCUT2D eigenvalue weighted by Gasteiger charge is 2.21. The number of amides is 1. The van der Waals surface area contributed by atoms with Gasteiger partial charge in [0.15, 0.2) is 0 Å². The fraction of sp³-hybridized carbons (Fsp3) is 0.923. The van der Waals surface area contributed by atoms with Crippen molar-refractivity contribution in [1.29, 1.82) is 0 Å². The van der Waals surface area contributed by atoms with E-state index in [1.54, 1.807) is 7.11 Å². The summed E-state index contributed by atoms with van der Waals surface area (Å²) in [5.41, 5.74) is 0. The Labute approximate surface area is 110 Å². The molecule has 0 aromatic carbocycles. The van der Waals surface area contributed by atoms with Crippen LogP contribution in [0.2, 0.25) is 0 Å². The number of piperazine rings is 1. The van der Waals surface area contributed by atoms with Gasteiger partial charge in [0.1, 0.15) is 0 Å². The number of hydrogen-bond donors (Lipinski definition) is 1. The summed E-state index contributed by atoms with van der Waals surface area (Å²) < 4.78 is 5.12. The first-order valence-electron chi connectivity index (χ1n) is 6.90. The number of ether oxygens (including phenoxy) is 1. The van der Waals surface area contributed by atoms with Gasteiger partial charge in [-0.25, -0.2) is 0 Å². The molecule has 1 N–H and O–H groups in total. The van der Waals surface area contributed by atoms with E-state index in [1.165, 1.54) is 0 Å². The number of methoxy groups -OCH3 is 1. The van der Waals surface area contributed by atoms with E-state index in [0.29, 0.717) is 19.2 Å². The second-order valence-electron chi connectivity index (χ2n) is 4.85. The summed E-state index contributed by atoms with van der Waals surface area (Å²) in [6.45, 7) is 9.82. The summed E-state index contributed by atoms with van der Waals surface area (Å²) >= 11 is 0. The minimum Gasteiger partial charge on any atom is -0.383 e. The molecule has 1 heterocycles. The van der Waals surface area contributed by atoms with E-state index in [4.69, 9.17) is 4.74 Å². The van der Waals surface area contributed by atoms with Crippen LogP contribution in [0.25, 0.3) is 0 Å². The fourth-order valence-electron chi connectivity index (χ4n) is 2.11. The van der Waals surface area contributed by atoms with Crippen LogP contribution in [-0.4, -0.2) is 74.7 Å². The molecule has 1 atom stereocenters. The van der Waals surface area contributed by atoms with Crippen molar-refractivity contribution in [2.24, 2.45) is 0 Å². The zero-order valence-corrected chi connectivity index (χ0v) is 11.9. The third-order valence-corrected chi connectivity index (χ3v) is 3.60. The summed E-state index contributed by atoms with van der Waals surface area (Å²) in [4.78, 5) is 16.4. The molecule has 1 aliphatic heterocycles. The van der Waals surface area contributed by atoms with Gasteiger partial charge in [0, 0.05) is 45.9 Å². The summed E-state index contributed by atoms with van der Waals surface area (Å²) in [5, 5.41) is 3.26. The minimum absolute atomic E-state index is 0.243. The molecule has 1 saturated heterocycles. The second kappa shape index (κ2) is 8.45. The summed E-state index contributed by atoms with van der Waals surface area (Å²) in [5.74, 6) is 0.243. The van der Waals surface area contributed by atoms with Crippen LogP contribution in [0.1, 0.15) is 20.3 Å². The summed E-state index contributed by atoms with van der Waals surface area (Å²) in [7, 11) is 1.70. The van der Waals surface area contributed by atoms with Gasteiger partial charge in [0.05, 0.1) is 13.2 Å². The molecule has 106 valence electrons. The number of carbonyl (C=O) groups is 1. The molecule has 0 aromatic rings. The zero-order chi connectivity index (χ0) is 13.4. The molecule has 0 aliphatic carbocycles. The number of rotatable bonds is 7. The lowest BCUT2D eigenvalue weighted by Crippen LogP contribution is -2.51. The summed E-state index contributed by atoms with van der Waals surface area (Å²) in [6, 6.07) is 0.423. The van der Waals surface area contributed by atoms with E-state index in [2.05, 4.69) is 24.1 Å². The molecule has 18 heavy (non-hydrogen) atoms. The monoisotopic (exact) mass is 257 g/mol. The first-order chi connectivity index (χ1) is 8.69. The molecule has 0 aromatic heterocycles. The van der Waals surface area contributed by atoms with Gasteiger partial charge in [-0.2, -0.15) is 0 Å². The van der Waals surface area contributed by atoms with Crippen LogP contribution < -0.4 is 5.32 Å². The third-order valence-electron chi connectivity index (χ3n) is 3.60. The lowest BCUT2D eigenvalue weighted by molar-refractivity contribution is -0.133. The van der Waals surface area contributed by atoms with E-state index >= 15 is 0 Å². The van der Waals surface area contributed by atoms with Crippen molar-refractivity contribution in [3.05, 3.63) is 0 Å². The molecule has 5 nitrogen and oxygen atoms in total. The topological polar surface area (TPSA) is 44.8 Å². The Morgan fingerprint density at radius 3 is 2.67 bits per heavy atom. The van der Waals surface area contributed by atoms with Crippen molar-refractivity contribution in [2.75, 3.05) is 53.0 Å². The average molecular weight is 257 g/mol.